The van der Waals surface area contributed by atoms with Gasteiger partial charge in [-0.3, -0.25) is 4.68 Å². The van der Waals surface area contributed by atoms with Gasteiger partial charge in [0, 0.05) is 13.2 Å². The smallest absolute Gasteiger partial charge is 0.146 e. The third-order valence-corrected chi connectivity index (χ3v) is 2.26. The summed E-state index contributed by atoms with van der Waals surface area (Å²) in [5.41, 5.74) is 1.52. The predicted molar refractivity (Wildman–Crippen MR) is 56.9 cm³/mol. The maximum absolute atomic E-state index is 13.2. The lowest BCUT2D eigenvalue weighted by Crippen LogP contribution is -2.06. The minimum Gasteiger partial charge on any atom is -0.377 e. The van der Waals surface area contributed by atoms with Crippen molar-refractivity contribution >= 4 is 5.69 Å². The summed E-state index contributed by atoms with van der Waals surface area (Å²) in [6.45, 7) is 0.567. The summed E-state index contributed by atoms with van der Waals surface area (Å²) in [4.78, 5) is 0. The first-order valence-electron chi connectivity index (χ1n) is 4.72. The van der Waals surface area contributed by atoms with Crippen LogP contribution in [0.3, 0.4) is 0 Å². The van der Waals surface area contributed by atoms with Gasteiger partial charge in [0.25, 0.3) is 0 Å². The minimum absolute atomic E-state index is 0.236. The average molecular weight is 205 g/mol. The molecular formula is C11H12FN3. The van der Waals surface area contributed by atoms with E-state index >= 15 is 0 Å². The summed E-state index contributed by atoms with van der Waals surface area (Å²) >= 11 is 0. The second-order valence-corrected chi connectivity index (χ2v) is 3.28. The third-order valence-electron chi connectivity index (χ3n) is 2.26. The number of hydrogen-bond acceptors (Lipinski definition) is 2. The molecule has 2 aromatic rings. The van der Waals surface area contributed by atoms with Crippen LogP contribution in [0, 0.1) is 5.82 Å². The van der Waals surface area contributed by atoms with Crippen molar-refractivity contribution in [1.29, 1.82) is 0 Å². The standard InChI is InChI=1S/C11H12FN3/c1-15-9(6-7-14-15)8-13-11-5-3-2-4-10(11)12/h2-7,13H,8H2,1H3. The maximum atomic E-state index is 13.2. The van der Waals surface area contributed by atoms with Crippen molar-refractivity contribution in [3.8, 4) is 0 Å². The highest BCUT2D eigenvalue weighted by atomic mass is 19.1. The molecule has 15 heavy (non-hydrogen) atoms. The summed E-state index contributed by atoms with van der Waals surface area (Å²) < 4.78 is 15.0. The number of nitrogens with zero attached hydrogens (tertiary/aromatic N) is 2. The number of aryl methyl sites for hydroxylation is 1. The third kappa shape index (κ3) is 2.15. The van der Waals surface area contributed by atoms with E-state index in [1.54, 1.807) is 29.1 Å². The van der Waals surface area contributed by atoms with Gasteiger partial charge in [-0.25, -0.2) is 4.39 Å². The van der Waals surface area contributed by atoms with Crippen LogP contribution in [-0.2, 0) is 13.6 Å². The lowest BCUT2D eigenvalue weighted by atomic mass is 10.3. The SMILES string of the molecule is Cn1nccc1CNc1ccccc1F. The normalized spacial score (nSPS) is 10.3. The van der Waals surface area contributed by atoms with Crippen molar-refractivity contribution in [2.45, 2.75) is 6.54 Å². The Balaban J connectivity index is 2.06. The van der Waals surface area contributed by atoms with E-state index in [2.05, 4.69) is 10.4 Å². The molecule has 0 bridgehead atoms. The van der Waals surface area contributed by atoms with Crippen molar-refractivity contribution in [3.63, 3.8) is 0 Å². The van der Waals surface area contributed by atoms with Crippen molar-refractivity contribution < 1.29 is 4.39 Å². The van der Waals surface area contributed by atoms with Gasteiger partial charge in [-0.2, -0.15) is 5.10 Å². The fourth-order valence-corrected chi connectivity index (χ4v) is 1.37. The molecule has 2 rings (SSSR count). The Kier molecular flexibility index (Phi) is 2.67. The van der Waals surface area contributed by atoms with Crippen LogP contribution >= 0.6 is 0 Å². The van der Waals surface area contributed by atoms with Gasteiger partial charge in [-0.1, -0.05) is 12.1 Å². The summed E-state index contributed by atoms with van der Waals surface area (Å²) in [6, 6.07) is 8.52. The molecule has 0 radical (unpaired) electrons. The molecule has 1 N–H and O–H groups in total. The minimum atomic E-state index is -0.236. The van der Waals surface area contributed by atoms with Crippen molar-refractivity contribution in [2.75, 3.05) is 5.32 Å². The zero-order chi connectivity index (χ0) is 10.7. The molecule has 0 saturated heterocycles. The molecule has 1 aromatic carbocycles. The molecule has 78 valence electrons. The van der Waals surface area contributed by atoms with E-state index in [-0.39, 0.29) is 5.82 Å². The first-order valence-corrected chi connectivity index (χ1v) is 4.72. The molecule has 1 aromatic heterocycles. The zero-order valence-corrected chi connectivity index (χ0v) is 8.44. The molecule has 3 nitrogen and oxygen atoms in total. The number of halogens is 1. The van der Waals surface area contributed by atoms with Crippen LogP contribution in [0.1, 0.15) is 5.69 Å². The Morgan fingerprint density at radius 3 is 2.80 bits per heavy atom. The Morgan fingerprint density at radius 2 is 2.13 bits per heavy atom. The van der Waals surface area contributed by atoms with E-state index in [0.717, 1.165) is 5.69 Å². The highest BCUT2D eigenvalue weighted by Crippen LogP contribution is 2.13. The second kappa shape index (κ2) is 4.13. The second-order valence-electron chi connectivity index (χ2n) is 3.28. The van der Waals surface area contributed by atoms with Gasteiger partial charge in [-0.05, 0) is 18.2 Å². The molecule has 1 heterocycles. The highest BCUT2D eigenvalue weighted by Gasteiger charge is 2.01. The largest absolute Gasteiger partial charge is 0.377 e. The predicted octanol–water partition coefficient (Wildman–Crippen LogP) is 2.17. The molecule has 0 aliphatic rings. The number of nitrogens with one attached hydrogen (secondary N) is 1. The van der Waals surface area contributed by atoms with E-state index in [1.165, 1.54) is 6.07 Å². The quantitative estimate of drug-likeness (QED) is 0.832. The molecule has 0 amide bonds. The fourth-order valence-electron chi connectivity index (χ4n) is 1.37. The van der Waals surface area contributed by atoms with Gasteiger partial charge in [0.15, 0.2) is 0 Å². The lowest BCUT2D eigenvalue weighted by Gasteiger charge is -2.07. The van der Waals surface area contributed by atoms with E-state index in [9.17, 15) is 4.39 Å². The van der Waals surface area contributed by atoms with E-state index in [4.69, 9.17) is 0 Å². The monoisotopic (exact) mass is 205 g/mol. The van der Waals surface area contributed by atoms with Crippen LogP contribution < -0.4 is 5.32 Å². The molecule has 0 aliphatic heterocycles. The summed E-state index contributed by atoms with van der Waals surface area (Å²) in [5, 5.41) is 7.05. The maximum Gasteiger partial charge on any atom is 0.146 e. The number of hydrogen-bond donors (Lipinski definition) is 1. The molecule has 0 atom stereocenters. The van der Waals surface area contributed by atoms with E-state index in [0.29, 0.717) is 12.2 Å². The number of rotatable bonds is 3. The molecular weight excluding hydrogens is 193 g/mol. The van der Waals surface area contributed by atoms with Gasteiger partial charge in [0.2, 0.25) is 0 Å². The number of anilines is 1. The van der Waals surface area contributed by atoms with Crippen LogP contribution in [0.15, 0.2) is 36.5 Å². The van der Waals surface area contributed by atoms with Crippen molar-refractivity contribution in [2.24, 2.45) is 7.05 Å². The van der Waals surface area contributed by atoms with Crippen LogP contribution in [0.2, 0.25) is 0 Å². The van der Waals surface area contributed by atoms with E-state index in [1.807, 2.05) is 13.1 Å². The number of benzene rings is 1. The summed E-state index contributed by atoms with van der Waals surface area (Å²) in [6.07, 6.45) is 1.72. The highest BCUT2D eigenvalue weighted by molar-refractivity contribution is 5.44. The Bertz CT molecular complexity index is 451. The molecule has 0 spiro atoms. The van der Waals surface area contributed by atoms with Gasteiger partial charge < -0.3 is 5.32 Å². The number of para-hydroxylation sites is 1. The first-order chi connectivity index (χ1) is 7.27. The molecule has 0 saturated carbocycles. The molecule has 4 heteroatoms. The van der Waals surface area contributed by atoms with Gasteiger partial charge in [-0.15, -0.1) is 0 Å². The average Bonchev–Trinajstić information content (AvgIpc) is 2.63. The Labute approximate surface area is 87.5 Å². The van der Waals surface area contributed by atoms with Crippen molar-refractivity contribution in [3.05, 3.63) is 48.0 Å². The summed E-state index contributed by atoms with van der Waals surface area (Å²) in [7, 11) is 1.86. The Hall–Kier alpha value is -1.84. The zero-order valence-electron chi connectivity index (χ0n) is 8.44. The van der Waals surface area contributed by atoms with Gasteiger partial charge in [0.1, 0.15) is 5.82 Å². The van der Waals surface area contributed by atoms with Gasteiger partial charge >= 0.3 is 0 Å². The fraction of sp³-hybridized carbons (Fsp3) is 0.182. The van der Waals surface area contributed by atoms with Crippen LogP contribution in [0.5, 0.6) is 0 Å². The van der Waals surface area contributed by atoms with Crippen LogP contribution in [0.25, 0.3) is 0 Å². The van der Waals surface area contributed by atoms with Crippen LogP contribution in [-0.4, -0.2) is 9.78 Å². The van der Waals surface area contributed by atoms with Crippen molar-refractivity contribution in [1.82, 2.24) is 9.78 Å². The van der Waals surface area contributed by atoms with Gasteiger partial charge in [0.05, 0.1) is 17.9 Å². The molecule has 0 aliphatic carbocycles. The van der Waals surface area contributed by atoms with Crippen LogP contribution in [0.4, 0.5) is 10.1 Å². The Morgan fingerprint density at radius 1 is 1.33 bits per heavy atom. The van der Waals surface area contributed by atoms with E-state index < -0.39 is 0 Å². The topological polar surface area (TPSA) is 29.9 Å². The molecule has 0 fully saturated rings. The molecule has 0 unspecified atom stereocenters. The lowest BCUT2D eigenvalue weighted by molar-refractivity contribution is 0.629. The first kappa shape index (κ1) is 9.71. The number of aromatic nitrogens is 2. The summed E-state index contributed by atoms with van der Waals surface area (Å²) in [5.74, 6) is -0.236.